The summed E-state index contributed by atoms with van der Waals surface area (Å²) in [6, 6.07) is 18.1. The zero-order chi connectivity index (χ0) is 18.0. The lowest BCUT2D eigenvalue weighted by molar-refractivity contribution is 0.600. The van der Waals surface area contributed by atoms with Gasteiger partial charge in [0, 0.05) is 29.8 Å². The van der Waals surface area contributed by atoms with Gasteiger partial charge in [-0.05, 0) is 23.8 Å². The normalized spacial score (nSPS) is 11.5. The van der Waals surface area contributed by atoms with Gasteiger partial charge in [0.15, 0.2) is 0 Å². The molecule has 0 fully saturated rings. The lowest BCUT2D eigenvalue weighted by atomic mass is 10.1. The van der Waals surface area contributed by atoms with Crippen molar-refractivity contribution in [3.05, 3.63) is 84.8 Å². The van der Waals surface area contributed by atoms with Gasteiger partial charge in [0.05, 0.1) is 11.4 Å². The number of hydrogen-bond acceptors (Lipinski definition) is 4. The molecule has 0 saturated heterocycles. The van der Waals surface area contributed by atoms with Crippen LogP contribution in [0.3, 0.4) is 0 Å². The highest BCUT2D eigenvalue weighted by Crippen LogP contribution is 2.21. The van der Waals surface area contributed by atoms with Crippen molar-refractivity contribution in [1.29, 1.82) is 0 Å². The largest absolute Gasteiger partial charge is 0.291 e. The Morgan fingerprint density at radius 2 is 1.73 bits per heavy atom. The highest BCUT2D eigenvalue weighted by Gasteiger charge is 2.12. The summed E-state index contributed by atoms with van der Waals surface area (Å²) >= 11 is 0. The molecule has 0 bridgehead atoms. The fourth-order valence-corrected chi connectivity index (χ4v) is 3.89. The standard InChI is InChI=1S/C19H16N4O2S/c24-26(25,14-15-5-2-1-3-6-15)22-17-9-7-16(8-10-17)18-13-23-12-4-11-20-19(23)21-18/h1-13,22H,14H2. The van der Waals surface area contributed by atoms with E-state index >= 15 is 0 Å². The molecule has 2 heterocycles. The van der Waals surface area contributed by atoms with Crippen LogP contribution in [0.2, 0.25) is 0 Å². The van der Waals surface area contributed by atoms with Crippen molar-refractivity contribution < 1.29 is 8.42 Å². The molecule has 6 nitrogen and oxygen atoms in total. The first-order valence-corrected chi connectivity index (χ1v) is 9.69. The van der Waals surface area contributed by atoms with Gasteiger partial charge in [-0.1, -0.05) is 42.5 Å². The first-order valence-electron chi connectivity index (χ1n) is 8.04. The molecule has 4 aromatic rings. The number of aromatic nitrogens is 3. The lowest BCUT2D eigenvalue weighted by Gasteiger charge is -2.08. The predicted octanol–water partition coefficient (Wildman–Crippen LogP) is 3.34. The third-order valence-electron chi connectivity index (χ3n) is 3.89. The second-order valence-electron chi connectivity index (χ2n) is 5.88. The average Bonchev–Trinajstić information content (AvgIpc) is 3.06. The minimum absolute atomic E-state index is 0.0618. The van der Waals surface area contributed by atoms with Crippen molar-refractivity contribution in [1.82, 2.24) is 14.4 Å². The number of fused-ring (bicyclic) bond motifs is 1. The van der Waals surface area contributed by atoms with Crippen molar-refractivity contribution in [2.45, 2.75) is 5.75 Å². The number of nitrogens with one attached hydrogen (secondary N) is 1. The summed E-state index contributed by atoms with van der Waals surface area (Å²) in [6.45, 7) is 0. The fourth-order valence-electron chi connectivity index (χ4n) is 2.69. The Kier molecular flexibility index (Phi) is 4.14. The molecule has 7 heteroatoms. The first kappa shape index (κ1) is 16.3. The maximum atomic E-state index is 12.3. The number of hydrogen-bond donors (Lipinski definition) is 1. The Balaban J connectivity index is 1.52. The molecular formula is C19H16N4O2S. The number of imidazole rings is 1. The maximum absolute atomic E-state index is 12.3. The van der Waals surface area contributed by atoms with Gasteiger partial charge in [0.1, 0.15) is 0 Å². The van der Waals surface area contributed by atoms with Crippen LogP contribution in [0.5, 0.6) is 0 Å². The average molecular weight is 364 g/mol. The minimum atomic E-state index is -3.47. The van der Waals surface area contributed by atoms with E-state index in [0.717, 1.165) is 16.8 Å². The van der Waals surface area contributed by atoms with E-state index in [-0.39, 0.29) is 5.75 Å². The van der Waals surface area contributed by atoms with Gasteiger partial charge < -0.3 is 0 Å². The van der Waals surface area contributed by atoms with E-state index in [1.807, 2.05) is 53.2 Å². The third kappa shape index (κ3) is 3.57. The van der Waals surface area contributed by atoms with Crippen LogP contribution in [0.4, 0.5) is 5.69 Å². The second-order valence-corrected chi connectivity index (χ2v) is 7.60. The summed E-state index contributed by atoms with van der Waals surface area (Å²) in [7, 11) is -3.47. The highest BCUT2D eigenvalue weighted by atomic mass is 32.2. The van der Waals surface area contributed by atoms with Crippen LogP contribution >= 0.6 is 0 Å². The molecule has 4 rings (SSSR count). The number of sulfonamides is 1. The Labute approximate surface area is 151 Å². The van der Waals surface area contributed by atoms with E-state index in [2.05, 4.69) is 14.7 Å². The molecule has 0 radical (unpaired) electrons. The Bertz CT molecular complexity index is 1100. The highest BCUT2D eigenvalue weighted by molar-refractivity contribution is 7.91. The quantitative estimate of drug-likeness (QED) is 0.589. The number of nitrogens with zero attached hydrogens (tertiary/aromatic N) is 3. The zero-order valence-electron chi connectivity index (χ0n) is 13.8. The molecule has 2 aromatic carbocycles. The summed E-state index contributed by atoms with van der Waals surface area (Å²) in [4.78, 5) is 8.65. The number of benzene rings is 2. The molecule has 0 aliphatic carbocycles. The van der Waals surface area contributed by atoms with Gasteiger partial charge >= 0.3 is 0 Å². The molecule has 0 spiro atoms. The second kappa shape index (κ2) is 6.61. The number of anilines is 1. The van der Waals surface area contributed by atoms with Crippen LogP contribution < -0.4 is 4.72 Å². The van der Waals surface area contributed by atoms with Gasteiger partial charge in [0.25, 0.3) is 0 Å². The topological polar surface area (TPSA) is 76.4 Å². The van der Waals surface area contributed by atoms with Crippen LogP contribution in [0, 0.1) is 0 Å². The van der Waals surface area contributed by atoms with Gasteiger partial charge in [-0.3, -0.25) is 9.12 Å². The summed E-state index contributed by atoms with van der Waals surface area (Å²) in [5, 5.41) is 0. The van der Waals surface area contributed by atoms with E-state index in [1.165, 1.54) is 0 Å². The van der Waals surface area contributed by atoms with Crippen LogP contribution in [-0.4, -0.2) is 22.8 Å². The molecule has 0 saturated carbocycles. The van der Waals surface area contributed by atoms with Crippen LogP contribution in [-0.2, 0) is 15.8 Å². The van der Waals surface area contributed by atoms with Crippen LogP contribution in [0.1, 0.15) is 5.56 Å². The molecule has 26 heavy (non-hydrogen) atoms. The maximum Gasteiger partial charge on any atom is 0.236 e. The van der Waals surface area contributed by atoms with Crippen molar-refractivity contribution in [2.24, 2.45) is 0 Å². The number of rotatable bonds is 5. The van der Waals surface area contributed by atoms with E-state index in [1.54, 1.807) is 30.5 Å². The zero-order valence-corrected chi connectivity index (χ0v) is 14.6. The van der Waals surface area contributed by atoms with E-state index in [9.17, 15) is 8.42 Å². The van der Waals surface area contributed by atoms with Gasteiger partial charge in [-0.15, -0.1) is 0 Å². The summed E-state index contributed by atoms with van der Waals surface area (Å²) in [5.74, 6) is 0.559. The first-order chi connectivity index (χ1) is 12.6. The lowest BCUT2D eigenvalue weighted by Crippen LogP contribution is -2.14. The molecule has 0 amide bonds. The van der Waals surface area contributed by atoms with E-state index in [4.69, 9.17) is 0 Å². The molecule has 0 unspecified atom stereocenters. The van der Waals surface area contributed by atoms with Crippen molar-refractivity contribution in [3.63, 3.8) is 0 Å². The van der Waals surface area contributed by atoms with Gasteiger partial charge in [0.2, 0.25) is 15.8 Å². The van der Waals surface area contributed by atoms with Gasteiger partial charge in [-0.2, -0.15) is 0 Å². The summed E-state index contributed by atoms with van der Waals surface area (Å²) in [5.41, 5.74) is 2.93. The van der Waals surface area contributed by atoms with Crippen molar-refractivity contribution in [3.8, 4) is 11.3 Å². The van der Waals surface area contributed by atoms with Crippen molar-refractivity contribution >= 4 is 21.5 Å². The fraction of sp³-hybridized carbons (Fsp3) is 0.0526. The predicted molar refractivity (Wildman–Crippen MR) is 101 cm³/mol. The van der Waals surface area contributed by atoms with Crippen LogP contribution in [0.15, 0.2) is 79.3 Å². The smallest absolute Gasteiger partial charge is 0.236 e. The SMILES string of the molecule is O=S(=O)(Cc1ccccc1)Nc1ccc(-c2cn3cccnc3n2)cc1. The third-order valence-corrected chi connectivity index (χ3v) is 5.15. The van der Waals surface area contributed by atoms with Crippen molar-refractivity contribution in [2.75, 3.05) is 4.72 Å². The molecular weight excluding hydrogens is 348 g/mol. The van der Waals surface area contributed by atoms with Crippen LogP contribution in [0.25, 0.3) is 17.0 Å². The van der Waals surface area contributed by atoms with E-state index in [0.29, 0.717) is 11.5 Å². The summed E-state index contributed by atoms with van der Waals surface area (Å²) < 4.78 is 29.1. The summed E-state index contributed by atoms with van der Waals surface area (Å²) in [6.07, 6.45) is 5.46. The molecule has 0 aliphatic heterocycles. The monoisotopic (exact) mass is 364 g/mol. The molecule has 130 valence electrons. The molecule has 0 atom stereocenters. The molecule has 0 aliphatic rings. The minimum Gasteiger partial charge on any atom is -0.291 e. The Morgan fingerprint density at radius 3 is 2.46 bits per heavy atom. The Hall–Kier alpha value is -3.19. The Morgan fingerprint density at radius 1 is 0.962 bits per heavy atom. The van der Waals surface area contributed by atoms with E-state index < -0.39 is 10.0 Å². The molecule has 2 aromatic heterocycles. The van der Waals surface area contributed by atoms with Gasteiger partial charge in [-0.25, -0.2) is 18.4 Å². The molecule has 1 N–H and O–H groups in total.